The molecule has 0 atom stereocenters. The van der Waals surface area contributed by atoms with Crippen LogP contribution in [0, 0.1) is 4.84 Å². The van der Waals surface area contributed by atoms with Crippen LogP contribution in [0.2, 0.25) is 5.02 Å². The number of piperazine rings is 1. The first-order valence-electron chi connectivity index (χ1n) is 9.07. The van der Waals surface area contributed by atoms with E-state index in [2.05, 4.69) is 22.2 Å². The number of pyridine rings is 1. The maximum Gasteiger partial charge on any atom is 0.292 e. The summed E-state index contributed by atoms with van der Waals surface area (Å²) in [5.74, 6) is 0.526. The van der Waals surface area contributed by atoms with Crippen LogP contribution in [0.4, 0.5) is 0 Å². The summed E-state index contributed by atoms with van der Waals surface area (Å²) < 4.78 is 7.44. The lowest BCUT2D eigenvalue weighted by molar-refractivity contribution is -1.03. The average molecular weight is 404 g/mol. The third kappa shape index (κ3) is 4.62. The Morgan fingerprint density at radius 3 is 2.67 bits per heavy atom. The minimum absolute atomic E-state index is 0.412. The molecular formula is C19H22ClN5OS+2. The number of aromatic nitrogens is 3. The Morgan fingerprint density at radius 1 is 1.11 bits per heavy atom. The summed E-state index contributed by atoms with van der Waals surface area (Å²) in [6, 6.07) is 11.9. The third-order valence-electron chi connectivity index (χ3n) is 4.90. The predicted octanol–water partition coefficient (Wildman–Crippen LogP) is 0.862. The minimum atomic E-state index is 0.412. The molecule has 6 nitrogen and oxygen atoms in total. The number of hydrogen-bond acceptors (Lipinski definition) is 4. The Bertz CT molecular complexity index is 950. The van der Waals surface area contributed by atoms with Gasteiger partial charge in [-0.05, 0) is 36.5 Å². The molecule has 0 aliphatic carbocycles. The number of nitrogens with zero attached hydrogens (tertiary/aromatic N) is 3. The Balaban J connectivity index is 1.34. The van der Waals surface area contributed by atoms with Gasteiger partial charge in [-0.15, -0.1) is 5.10 Å². The van der Waals surface area contributed by atoms with Gasteiger partial charge in [0.2, 0.25) is 5.89 Å². The van der Waals surface area contributed by atoms with Gasteiger partial charge in [-0.1, -0.05) is 23.7 Å². The third-order valence-corrected chi connectivity index (χ3v) is 5.42. The molecule has 140 valence electrons. The summed E-state index contributed by atoms with van der Waals surface area (Å²) in [7, 11) is 0. The highest BCUT2D eigenvalue weighted by atomic mass is 35.5. The van der Waals surface area contributed by atoms with Gasteiger partial charge in [0.15, 0.2) is 6.67 Å². The predicted molar refractivity (Wildman–Crippen MR) is 105 cm³/mol. The molecule has 1 aliphatic heterocycles. The Morgan fingerprint density at radius 2 is 1.93 bits per heavy atom. The van der Waals surface area contributed by atoms with Gasteiger partial charge < -0.3 is 14.2 Å². The highest BCUT2D eigenvalue weighted by Crippen LogP contribution is 2.15. The van der Waals surface area contributed by atoms with E-state index in [0.29, 0.717) is 10.7 Å². The quantitative estimate of drug-likeness (QED) is 0.620. The Labute approximate surface area is 168 Å². The Hall–Kier alpha value is -2.06. The molecule has 3 aromatic rings. The van der Waals surface area contributed by atoms with E-state index < -0.39 is 0 Å². The molecule has 0 spiro atoms. The Kier molecular flexibility index (Phi) is 5.63. The van der Waals surface area contributed by atoms with Gasteiger partial charge in [-0.25, -0.2) is 0 Å². The first-order valence-corrected chi connectivity index (χ1v) is 9.86. The summed E-state index contributed by atoms with van der Waals surface area (Å²) in [4.78, 5) is 7.57. The van der Waals surface area contributed by atoms with Gasteiger partial charge in [0.05, 0.1) is 5.56 Å². The molecule has 0 unspecified atom stereocenters. The van der Waals surface area contributed by atoms with Crippen molar-refractivity contribution >= 4 is 23.8 Å². The van der Waals surface area contributed by atoms with E-state index in [1.165, 1.54) is 10.5 Å². The van der Waals surface area contributed by atoms with Crippen molar-refractivity contribution in [3.05, 3.63) is 64.2 Å². The molecule has 1 fully saturated rings. The zero-order valence-corrected chi connectivity index (χ0v) is 16.5. The van der Waals surface area contributed by atoms with Crippen molar-refractivity contribution in [3.8, 4) is 11.5 Å². The summed E-state index contributed by atoms with van der Waals surface area (Å²) in [6.07, 6.45) is 3.46. The number of benzene rings is 1. The fraction of sp³-hybridized carbons (Fsp3) is 0.316. The number of nitrogens with one attached hydrogen (secondary N) is 2. The van der Waals surface area contributed by atoms with Crippen LogP contribution in [0.3, 0.4) is 0 Å². The van der Waals surface area contributed by atoms with E-state index in [9.17, 15) is 0 Å². The second-order valence-corrected chi connectivity index (χ2v) is 7.66. The molecule has 2 aromatic heterocycles. The van der Waals surface area contributed by atoms with Gasteiger partial charge in [0.25, 0.3) is 4.84 Å². The number of rotatable bonds is 5. The van der Waals surface area contributed by atoms with E-state index in [4.69, 9.17) is 28.2 Å². The highest BCUT2D eigenvalue weighted by molar-refractivity contribution is 7.71. The van der Waals surface area contributed by atoms with E-state index in [1.807, 2.05) is 24.3 Å². The van der Waals surface area contributed by atoms with Crippen LogP contribution < -0.4 is 9.80 Å². The molecule has 1 aliphatic rings. The average Bonchev–Trinajstić information content (AvgIpc) is 3.05. The van der Waals surface area contributed by atoms with Crippen molar-refractivity contribution in [2.75, 3.05) is 26.2 Å². The van der Waals surface area contributed by atoms with Crippen molar-refractivity contribution < 1.29 is 14.2 Å². The van der Waals surface area contributed by atoms with E-state index in [1.54, 1.807) is 22.0 Å². The zero-order valence-electron chi connectivity index (χ0n) is 14.9. The van der Waals surface area contributed by atoms with Crippen molar-refractivity contribution in [2.24, 2.45) is 0 Å². The van der Waals surface area contributed by atoms with Gasteiger partial charge in [-0.2, -0.15) is 4.68 Å². The lowest BCUT2D eigenvalue weighted by atomic mass is 10.2. The lowest BCUT2D eigenvalue weighted by Crippen LogP contribution is -3.27. The number of halogens is 1. The van der Waals surface area contributed by atoms with Crippen molar-refractivity contribution in [3.63, 3.8) is 0 Å². The van der Waals surface area contributed by atoms with Crippen LogP contribution in [0.25, 0.3) is 11.5 Å². The van der Waals surface area contributed by atoms with E-state index in [0.717, 1.165) is 50.0 Å². The van der Waals surface area contributed by atoms with Crippen molar-refractivity contribution in [1.82, 2.24) is 14.8 Å². The standard InChI is InChI=1S/C19H20ClN5OS/c20-17-5-1-3-15(11-17)13-23-7-9-24(10-8-23)14-25-19(27)26-18(22-25)16-4-2-6-21-12-16/h1-6,11-12H,7-10,13-14H2/p+2. The summed E-state index contributed by atoms with van der Waals surface area (Å²) in [5, 5.41) is 5.34. The van der Waals surface area contributed by atoms with Crippen molar-refractivity contribution in [1.29, 1.82) is 0 Å². The first kappa shape index (κ1) is 18.3. The molecule has 8 heteroatoms. The molecule has 1 saturated heterocycles. The van der Waals surface area contributed by atoms with Gasteiger partial charge in [0, 0.05) is 23.0 Å². The maximum atomic E-state index is 6.09. The molecule has 3 heterocycles. The number of quaternary nitrogens is 2. The fourth-order valence-corrected chi connectivity index (χ4v) is 3.85. The smallest absolute Gasteiger partial charge is 0.292 e. The molecule has 0 saturated carbocycles. The van der Waals surface area contributed by atoms with Gasteiger partial charge in [-0.3, -0.25) is 4.98 Å². The summed E-state index contributed by atoms with van der Waals surface area (Å²) in [6.45, 7) is 6.12. The SMILES string of the molecule is S=c1oc(-c2cccnc2)nn1C[NH+]1CC[NH+](Cc2cccc(Cl)c2)CC1. The van der Waals surface area contributed by atoms with Crippen LogP contribution in [0.15, 0.2) is 53.2 Å². The minimum Gasteiger partial charge on any atom is -0.409 e. The largest absolute Gasteiger partial charge is 0.409 e. The van der Waals surface area contributed by atoms with Crippen LogP contribution in [0.1, 0.15) is 5.56 Å². The molecule has 27 heavy (non-hydrogen) atoms. The van der Waals surface area contributed by atoms with Crippen LogP contribution in [-0.4, -0.2) is 40.9 Å². The fourth-order valence-electron chi connectivity index (χ4n) is 3.45. The van der Waals surface area contributed by atoms with Crippen LogP contribution in [0.5, 0.6) is 0 Å². The summed E-state index contributed by atoms with van der Waals surface area (Å²) in [5.41, 5.74) is 2.13. The van der Waals surface area contributed by atoms with Crippen LogP contribution in [-0.2, 0) is 13.2 Å². The monoisotopic (exact) mass is 403 g/mol. The van der Waals surface area contributed by atoms with Gasteiger partial charge >= 0.3 is 0 Å². The molecule has 0 amide bonds. The lowest BCUT2D eigenvalue weighted by Gasteiger charge is -2.29. The number of hydrogen-bond donors (Lipinski definition) is 2. The summed E-state index contributed by atoms with van der Waals surface area (Å²) >= 11 is 11.4. The highest BCUT2D eigenvalue weighted by Gasteiger charge is 2.24. The molecule has 0 bridgehead atoms. The molecule has 1 aromatic carbocycles. The second kappa shape index (κ2) is 8.31. The maximum absolute atomic E-state index is 6.09. The molecule has 4 rings (SSSR count). The zero-order chi connectivity index (χ0) is 18.6. The molecule has 2 N–H and O–H groups in total. The van der Waals surface area contributed by atoms with Gasteiger partial charge in [0.1, 0.15) is 32.7 Å². The van der Waals surface area contributed by atoms with Crippen LogP contribution >= 0.6 is 23.8 Å². The van der Waals surface area contributed by atoms with E-state index in [-0.39, 0.29) is 0 Å². The normalized spacial score (nSPS) is 19.9. The topological polar surface area (TPSA) is 52.7 Å². The van der Waals surface area contributed by atoms with E-state index >= 15 is 0 Å². The molecule has 0 radical (unpaired) electrons. The second-order valence-electron chi connectivity index (χ2n) is 6.88. The van der Waals surface area contributed by atoms with Crippen molar-refractivity contribution in [2.45, 2.75) is 13.2 Å². The first-order chi connectivity index (χ1) is 13.2. The molecular weight excluding hydrogens is 382 g/mol.